The van der Waals surface area contributed by atoms with Gasteiger partial charge in [-0.25, -0.2) is 0 Å². The first-order chi connectivity index (χ1) is 4.18. The molecule has 1 aliphatic rings. The van der Waals surface area contributed by atoms with Gasteiger partial charge >= 0.3 is 0 Å². The van der Waals surface area contributed by atoms with Crippen molar-refractivity contribution in [3.8, 4) is 0 Å². The minimum Gasteiger partial charge on any atom is -0.0890 e. The van der Waals surface area contributed by atoms with Crippen molar-refractivity contribution >= 4 is 61.1 Å². The summed E-state index contributed by atoms with van der Waals surface area (Å²) in [7, 11) is 0. The van der Waals surface area contributed by atoms with E-state index >= 15 is 0 Å². The average Bonchev–Trinajstić information content (AvgIpc) is 1.59. The zero-order valence-electron chi connectivity index (χ0n) is 4.99. The Labute approximate surface area is 91.9 Å². The molecule has 0 bridgehead atoms. The van der Waals surface area contributed by atoms with Gasteiger partial charge < -0.3 is 0 Å². The van der Waals surface area contributed by atoms with Gasteiger partial charge in [0.1, 0.15) is 0 Å². The van der Waals surface area contributed by atoms with Gasteiger partial charge in [0.15, 0.2) is 0 Å². The lowest BCUT2D eigenvalue weighted by Gasteiger charge is -2.25. The average molecular weight is 415 g/mol. The molecule has 0 aromatic heterocycles. The maximum Gasteiger partial charge on any atom is 0.0165 e. The van der Waals surface area contributed by atoms with Crippen LogP contribution in [0.3, 0.4) is 0 Å². The van der Waals surface area contributed by atoms with E-state index in [0.29, 0.717) is 0 Å². The van der Waals surface area contributed by atoms with Gasteiger partial charge in [0.2, 0.25) is 0 Å². The van der Waals surface area contributed by atoms with E-state index in [1.807, 2.05) is 0 Å². The topological polar surface area (TPSA) is 0 Å². The molecule has 1 aliphatic carbocycles. The Hall–Kier alpha value is 1.94. The molecule has 0 heterocycles. The summed E-state index contributed by atoms with van der Waals surface area (Å²) in [5, 5.41) is 0. The van der Waals surface area contributed by atoms with Crippen molar-refractivity contribution in [2.45, 2.75) is 31.9 Å². The number of hydrogen-bond donors (Lipinski definition) is 0. The van der Waals surface area contributed by atoms with Gasteiger partial charge in [-0.05, 0) is 19.3 Å². The molecule has 0 aromatic carbocycles. The van der Waals surface area contributed by atoms with Gasteiger partial charge in [0.05, 0.1) is 0 Å². The molecule has 3 heteroatoms. The normalized spacial score (nSPS) is 45.0. The second-order valence-electron chi connectivity index (χ2n) is 2.50. The Morgan fingerprint density at radius 2 is 1.44 bits per heavy atom. The third-order valence-electron chi connectivity index (χ3n) is 1.53. The first-order valence-electron chi connectivity index (χ1n) is 3.10. The number of alkyl halides is 3. The summed E-state index contributed by atoms with van der Waals surface area (Å²) in [6.07, 6.45) is 4.13. The molecule has 1 rings (SSSR count). The van der Waals surface area contributed by atoms with Crippen molar-refractivity contribution < 1.29 is 0 Å². The highest BCUT2D eigenvalue weighted by molar-refractivity contribution is 14.1. The molecule has 0 amide bonds. The van der Waals surface area contributed by atoms with Crippen LogP contribution in [-0.2, 0) is 0 Å². The quantitative estimate of drug-likeness (QED) is 0.420. The van der Waals surface area contributed by atoms with Gasteiger partial charge in [-0.1, -0.05) is 61.1 Å². The van der Waals surface area contributed by atoms with Gasteiger partial charge in [0, 0.05) is 12.7 Å². The van der Waals surface area contributed by atoms with Crippen molar-refractivity contribution in [2.24, 2.45) is 0 Å². The van der Waals surface area contributed by atoms with Crippen molar-refractivity contribution in [3.05, 3.63) is 0 Å². The molecule has 2 unspecified atom stereocenters. The Morgan fingerprint density at radius 3 is 1.78 bits per heavy atom. The van der Waals surface area contributed by atoms with E-state index in [2.05, 4.69) is 61.1 Å². The Balaban J connectivity index is 2.34. The summed E-state index contributed by atoms with van der Waals surface area (Å²) < 4.78 is 1.81. The predicted octanol–water partition coefficient (Wildman–Crippen LogP) is 3.54. The highest BCUT2D eigenvalue weighted by atomic mass is 127. The predicted molar refractivity (Wildman–Crippen MR) is 62.2 cm³/mol. The molecule has 0 aromatic rings. The summed E-state index contributed by atoms with van der Waals surface area (Å²) in [5.74, 6) is 0. The van der Waals surface area contributed by atoms with Crippen molar-refractivity contribution in [1.29, 1.82) is 0 Å². The summed E-state index contributed by atoms with van der Waals surface area (Å²) >= 11 is 8.76. The summed E-state index contributed by atoms with van der Waals surface area (Å²) in [4.78, 5) is 0.787. The SMILES string of the molecule is BrC1CC(I)CC(I)C1. The van der Waals surface area contributed by atoms with Crippen LogP contribution in [0, 0.1) is 0 Å². The lowest BCUT2D eigenvalue weighted by Crippen LogP contribution is -2.22. The van der Waals surface area contributed by atoms with E-state index in [9.17, 15) is 0 Å². The highest BCUT2D eigenvalue weighted by Gasteiger charge is 2.23. The molecule has 1 fully saturated rings. The minimum absolute atomic E-state index is 0.787. The largest absolute Gasteiger partial charge is 0.0890 e. The first-order valence-corrected chi connectivity index (χ1v) is 6.51. The van der Waals surface area contributed by atoms with E-state index < -0.39 is 0 Å². The molecule has 0 spiro atoms. The minimum atomic E-state index is 0.787. The standard InChI is InChI=1S/C6H9BrI2/c7-4-1-5(8)3-6(9)2-4/h4-6H,1-3H2. The smallest absolute Gasteiger partial charge is 0.0165 e. The van der Waals surface area contributed by atoms with Gasteiger partial charge in [-0.15, -0.1) is 0 Å². The number of rotatable bonds is 0. The Morgan fingerprint density at radius 1 is 1.00 bits per heavy atom. The van der Waals surface area contributed by atoms with Crippen LogP contribution in [0.4, 0.5) is 0 Å². The van der Waals surface area contributed by atoms with E-state index in [4.69, 9.17) is 0 Å². The maximum atomic E-state index is 3.66. The molecule has 0 radical (unpaired) electrons. The lowest BCUT2D eigenvalue weighted by molar-refractivity contribution is 0.572. The van der Waals surface area contributed by atoms with Crippen LogP contribution in [0.25, 0.3) is 0 Å². The van der Waals surface area contributed by atoms with Crippen molar-refractivity contribution in [1.82, 2.24) is 0 Å². The first kappa shape index (κ1) is 9.03. The Kier molecular flexibility index (Phi) is 4.10. The zero-order valence-corrected chi connectivity index (χ0v) is 10.9. The molecule has 1 saturated carbocycles. The van der Waals surface area contributed by atoms with Crippen LogP contribution in [0.1, 0.15) is 19.3 Å². The van der Waals surface area contributed by atoms with E-state index in [0.717, 1.165) is 12.7 Å². The lowest BCUT2D eigenvalue weighted by atomic mass is 10.0. The molecule has 54 valence electrons. The molecular weight excluding hydrogens is 406 g/mol. The summed E-state index contributed by atoms with van der Waals surface area (Å²) in [6.45, 7) is 0. The van der Waals surface area contributed by atoms with Crippen LogP contribution in [0.5, 0.6) is 0 Å². The summed E-state index contributed by atoms with van der Waals surface area (Å²) in [6, 6.07) is 0. The van der Waals surface area contributed by atoms with Crippen molar-refractivity contribution in [3.63, 3.8) is 0 Å². The molecule has 2 atom stereocenters. The van der Waals surface area contributed by atoms with E-state index in [1.165, 1.54) is 19.3 Å². The monoisotopic (exact) mass is 414 g/mol. The van der Waals surface area contributed by atoms with Gasteiger partial charge in [0.25, 0.3) is 0 Å². The van der Waals surface area contributed by atoms with Crippen molar-refractivity contribution in [2.75, 3.05) is 0 Å². The highest BCUT2D eigenvalue weighted by Crippen LogP contribution is 2.33. The fraction of sp³-hybridized carbons (Fsp3) is 1.00. The molecular formula is C6H9BrI2. The van der Waals surface area contributed by atoms with Crippen LogP contribution in [-0.4, -0.2) is 12.7 Å². The molecule has 0 nitrogen and oxygen atoms in total. The third-order valence-corrected chi connectivity index (χ3v) is 4.32. The van der Waals surface area contributed by atoms with Crippen LogP contribution < -0.4 is 0 Å². The van der Waals surface area contributed by atoms with Gasteiger partial charge in [-0.3, -0.25) is 0 Å². The van der Waals surface area contributed by atoms with E-state index in [-0.39, 0.29) is 0 Å². The van der Waals surface area contributed by atoms with Crippen LogP contribution >= 0.6 is 61.1 Å². The fourth-order valence-corrected chi connectivity index (χ4v) is 6.85. The van der Waals surface area contributed by atoms with E-state index in [1.54, 1.807) is 0 Å². The molecule has 9 heavy (non-hydrogen) atoms. The van der Waals surface area contributed by atoms with Crippen LogP contribution in [0.15, 0.2) is 0 Å². The zero-order chi connectivity index (χ0) is 6.85. The maximum absolute atomic E-state index is 3.66. The molecule has 0 N–H and O–H groups in total. The fourth-order valence-electron chi connectivity index (χ4n) is 1.12. The Bertz CT molecular complexity index is 72.0. The number of halogens is 3. The second-order valence-corrected chi connectivity index (χ2v) is 7.32. The van der Waals surface area contributed by atoms with Crippen LogP contribution in [0.2, 0.25) is 0 Å². The van der Waals surface area contributed by atoms with Gasteiger partial charge in [-0.2, -0.15) is 0 Å². The summed E-state index contributed by atoms with van der Waals surface area (Å²) in [5.41, 5.74) is 0. The molecule has 0 saturated heterocycles. The number of hydrogen-bond acceptors (Lipinski definition) is 0. The third kappa shape index (κ3) is 3.22. The molecule has 0 aliphatic heterocycles. The second kappa shape index (κ2) is 4.09.